The fourth-order valence-corrected chi connectivity index (χ4v) is 2.69. The Morgan fingerprint density at radius 1 is 1.08 bits per heavy atom. The molecule has 0 fully saturated rings. The van der Waals surface area contributed by atoms with Gasteiger partial charge in [0, 0.05) is 30.8 Å². The maximum atomic E-state index is 10.8. The second-order valence-corrected chi connectivity index (χ2v) is 5.48. The van der Waals surface area contributed by atoms with Crippen molar-refractivity contribution in [3.63, 3.8) is 0 Å². The van der Waals surface area contributed by atoms with Crippen LogP contribution in [0.3, 0.4) is 0 Å². The molecule has 0 unspecified atom stereocenters. The number of hydrogen-bond donors (Lipinski definition) is 1. The lowest BCUT2D eigenvalue weighted by Gasteiger charge is -2.25. The van der Waals surface area contributed by atoms with Crippen LogP contribution >= 0.6 is 0 Å². The van der Waals surface area contributed by atoms with Crippen LogP contribution in [-0.4, -0.2) is 21.8 Å². The normalized spacial score (nSPS) is 10.6. The third-order valence-corrected chi connectivity index (χ3v) is 3.99. The van der Waals surface area contributed by atoms with Gasteiger partial charge < -0.3 is 5.11 Å². The zero-order chi connectivity index (χ0) is 17.3. The van der Waals surface area contributed by atoms with Crippen LogP contribution in [0, 0.1) is 17.0 Å². The monoisotopic (exact) mass is 323 g/mol. The average Bonchev–Trinajstić information content (AvgIpc) is 2.90. The van der Waals surface area contributed by atoms with Gasteiger partial charge in [0.05, 0.1) is 22.0 Å². The van der Waals surface area contributed by atoms with E-state index in [-0.39, 0.29) is 11.4 Å². The van der Waals surface area contributed by atoms with Gasteiger partial charge in [0.15, 0.2) is 0 Å². The number of hydrogen-bond acceptors (Lipinski definition) is 4. The minimum atomic E-state index is -0.429. The summed E-state index contributed by atoms with van der Waals surface area (Å²) in [4.78, 5) is 10.4. The summed E-state index contributed by atoms with van der Waals surface area (Å²) in [7, 11) is 1.90. The molecule has 0 bridgehead atoms. The fourth-order valence-electron chi connectivity index (χ4n) is 2.69. The Hall–Kier alpha value is -3.28. The number of aromatic hydroxyl groups is 1. The highest BCUT2D eigenvalue weighted by atomic mass is 16.6. The van der Waals surface area contributed by atoms with Crippen LogP contribution in [0.5, 0.6) is 5.75 Å². The first-order valence-electron chi connectivity index (χ1n) is 7.44. The molecule has 3 rings (SSSR count). The molecular weight excluding hydrogens is 306 g/mol. The molecule has 0 aliphatic carbocycles. The van der Waals surface area contributed by atoms with Gasteiger partial charge in [-0.25, -0.2) is 0 Å². The highest BCUT2D eigenvalue weighted by molar-refractivity contribution is 5.67. The Morgan fingerprint density at radius 3 is 2.29 bits per heavy atom. The summed E-state index contributed by atoms with van der Waals surface area (Å²) in [6.45, 7) is 1.82. The number of nitrogens with zero attached hydrogens (tertiary/aromatic N) is 3. The fraction of sp³-hybridized carbons (Fsp3) is 0.111. The molecule has 122 valence electrons. The molecule has 2 aromatic carbocycles. The van der Waals surface area contributed by atoms with E-state index < -0.39 is 4.92 Å². The number of benzene rings is 2. The molecule has 0 saturated heterocycles. The molecule has 0 atom stereocenters. The van der Waals surface area contributed by atoms with E-state index in [9.17, 15) is 15.2 Å². The minimum absolute atomic E-state index is 0.0363. The van der Waals surface area contributed by atoms with E-state index in [0.29, 0.717) is 5.69 Å². The molecule has 1 N–H and O–H groups in total. The van der Waals surface area contributed by atoms with Crippen molar-refractivity contribution in [2.75, 3.05) is 12.1 Å². The third-order valence-electron chi connectivity index (χ3n) is 3.99. The van der Waals surface area contributed by atoms with Crippen molar-refractivity contribution in [2.45, 2.75) is 6.92 Å². The first-order chi connectivity index (χ1) is 11.5. The Balaban J connectivity index is 2.09. The molecule has 0 aliphatic rings. The molecular formula is C18H17N3O3. The van der Waals surface area contributed by atoms with Crippen molar-refractivity contribution < 1.29 is 10.0 Å². The summed E-state index contributed by atoms with van der Waals surface area (Å²) < 4.78 is 1.88. The molecule has 6 heteroatoms. The van der Waals surface area contributed by atoms with Gasteiger partial charge in [-0.05, 0) is 31.2 Å². The molecule has 0 amide bonds. The Labute approximate surface area is 139 Å². The van der Waals surface area contributed by atoms with E-state index in [1.165, 1.54) is 12.1 Å². The van der Waals surface area contributed by atoms with Crippen molar-refractivity contribution >= 4 is 11.4 Å². The number of nitro benzene ring substituents is 1. The van der Waals surface area contributed by atoms with E-state index >= 15 is 0 Å². The quantitative estimate of drug-likeness (QED) is 0.582. The predicted octanol–water partition coefficient (Wildman–Crippen LogP) is 3.98. The van der Waals surface area contributed by atoms with Crippen LogP contribution in [0.1, 0.15) is 5.69 Å². The van der Waals surface area contributed by atoms with E-state index in [1.807, 2.05) is 54.0 Å². The predicted molar refractivity (Wildman–Crippen MR) is 93.2 cm³/mol. The maximum absolute atomic E-state index is 10.8. The van der Waals surface area contributed by atoms with Gasteiger partial charge in [0.25, 0.3) is 5.69 Å². The van der Waals surface area contributed by atoms with Gasteiger partial charge in [-0.1, -0.05) is 18.2 Å². The van der Waals surface area contributed by atoms with Crippen LogP contribution in [0.4, 0.5) is 11.4 Å². The Kier molecular flexibility index (Phi) is 3.95. The summed E-state index contributed by atoms with van der Waals surface area (Å²) in [5.74, 6) is 0.172. The molecule has 6 nitrogen and oxygen atoms in total. The van der Waals surface area contributed by atoms with Gasteiger partial charge in [0.2, 0.25) is 0 Å². The van der Waals surface area contributed by atoms with E-state index in [2.05, 4.69) is 0 Å². The van der Waals surface area contributed by atoms with Crippen molar-refractivity contribution in [3.05, 3.63) is 76.5 Å². The number of non-ortho nitro benzene ring substituents is 1. The number of rotatable bonds is 4. The van der Waals surface area contributed by atoms with Crippen molar-refractivity contribution in [3.8, 4) is 17.0 Å². The van der Waals surface area contributed by atoms with Gasteiger partial charge >= 0.3 is 0 Å². The van der Waals surface area contributed by atoms with Crippen molar-refractivity contribution in [2.24, 2.45) is 0 Å². The zero-order valence-corrected chi connectivity index (χ0v) is 13.4. The average molecular weight is 323 g/mol. The van der Waals surface area contributed by atoms with Crippen LogP contribution in [-0.2, 0) is 0 Å². The third kappa shape index (κ3) is 2.69. The summed E-state index contributed by atoms with van der Waals surface area (Å²) >= 11 is 0. The molecule has 1 heterocycles. The highest BCUT2D eigenvalue weighted by Crippen LogP contribution is 2.32. The zero-order valence-electron chi connectivity index (χ0n) is 13.4. The first-order valence-corrected chi connectivity index (χ1v) is 7.44. The van der Waals surface area contributed by atoms with Crippen LogP contribution in [0.2, 0.25) is 0 Å². The number of para-hydroxylation sites is 1. The summed E-state index contributed by atoms with van der Waals surface area (Å²) in [6.07, 6.45) is 0. The highest BCUT2D eigenvalue weighted by Gasteiger charge is 2.17. The summed E-state index contributed by atoms with van der Waals surface area (Å²) in [5, 5.41) is 22.9. The van der Waals surface area contributed by atoms with E-state index in [1.54, 1.807) is 18.2 Å². The summed E-state index contributed by atoms with van der Waals surface area (Å²) in [6, 6.07) is 17.7. The molecule has 0 radical (unpaired) electrons. The summed E-state index contributed by atoms with van der Waals surface area (Å²) in [5.41, 5.74) is 3.22. The Bertz CT molecular complexity index is 871. The number of aromatic nitrogens is 1. The largest absolute Gasteiger partial charge is 0.506 e. The lowest BCUT2D eigenvalue weighted by Crippen LogP contribution is -2.26. The number of nitro groups is 1. The molecule has 3 aromatic rings. The maximum Gasteiger partial charge on any atom is 0.269 e. The molecule has 0 spiro atoms. The first kappa shape index (κ1) is 15.6. The number of anilines is 1. The Morgan fingerprint density at radius 2 is 1.71 bits per heavy atom. The van der Waals surface area contributed by atoms with E-state index in [4.69, 9.17) is 0 Å². The molecule has 0 aliphatic heterocycles. The molecule has 24 heavy (non-hydrogen) atoms. The second-order valence-electron chi connectivity index (χ2n) is 5.48. The topological polar surface area (TPSA) is 71.5 Å². The van der Waals surface area contributed by atoms with Gasteiger partial charge in [-0.15, -0.1) is 0 Å². The SMILES string of the molecule is Cc1c(O)cc(-c2ccc([N+](=O)[O-])cc2)n1N(C)c1ccccc1. The molecule has 0 saturated carbocycles. The van der Waals surface area contributed by atoms with E-state index in [0.717, 1.165) is 16.9 Å². The lowest BCUT2D eigenvalue weighted by atomic mass is 10.1. The second kappa shape index (κ2) is 6.08. The van der Waals surface area contributed by atoms with Gasteiger partial charge in [-0.2, -0.15) is 0 Å². The van der Waals surface area contributed by atoms with Crippen molar-refractivity contribution in [1.82, 2.24) is 4.68 Å². The molecule has 1 aromatic heterocycles. The van der Waals surface area contributed by atoms with Gasteiger partial charge in [0.1, 0.15) is 5.75 Å². The standard InChI is InChI=1S/C18H17N3O3/c1-13-18(22)12-17(14-8-10-16(11-9-14)21(23)24)20(13)19(2)15-6-4-3-5-7-15/h3-12,22H,1-2H3. The van der Waals surface area contributed by atoms with Crippen LogP contribution in [0.15, 0.2) is 60.7 Å². The minimum Gasteiger partial charge on any atom is -0.506 e. The van der Waals surface area contributed by atoms with Crippen molar-refractivity contribution in [1.29, 1.82) is 0 Å². The lowest BCUT2D eigenvalue weighted by molar-refractivity contribution is -0.384. The van der Waals surface area contributed by atoms with Crippen LogP contribution in [0.25, 0.3) is 11.3 Å². The smallest absolute Gasteiger partial charge is 0.269 e. The van der Waals surface area contributed by atoms with Gasteiger partial charge in [-0.3, -0.25) is 19.8 Å². The van der Waals surface area contributed by atoms with Crippen LogP contribution < -0.4 is 5.01 Å².